The van der Waals surface area contributed by atoms with E-state index < -0.39 is 6.10 Å². The Morgan fingerprint density at radius 1 is 1.50 bits per heavy atom. The highest BCUT2D eigenvalue weighted by Crippen LogP contribution is 2.34. The lowest BCUT2D eigenvalue weighted by molar-refractivity contribution is 0.161. The number of aliphatic hydroxyl groups is 1. The number of rotatable bonds is 1. The maximum Gasteiger partial charge on any atom is 0.125 e. The number of β-amino-alcohol motifs (C(OH)–C–C–N with tert-alkyl or cyclic N) is 1. The van der Waals surface area contributed by atoms with Crippen LogP contribution in [0.25, 0.3) is 0 Å². The quantitative estimate of drug-likeness (QED) is 0.612. The second-order valence-electron chi connectivity index (χ2n) is 3.37. The van der Waals surface area contributed by atoms with Crippen LogP contribution in [0.15, 0.2) is 12.1 Å². The van der Waals surface area contributed by atoms with Gasteiger partial charge in [-0.1, -0.05) is 0 Å². The predicted molar refractivity (Wildman–Crippen MR) is 51.3 cm³/mol. The third-order valence-corrected chi connectivity index (χ3v) is 2.44. The largest absolute Gasteiger partial charge is 0.507 e. The number of benzene rings is 1. The van der Waals surface area contributed by atoms with Gasteiger partial charge in [-0.3, -0.25) is 0 Å². The number of ether oxygens (including phenoxy) is 1. The zero-order chi connectivity index (χ0) is 10.1. The number of aliphatic hydroxyl groups excluding tert-OH is 1. The molecule has 4 heteroatoms. The molecule has 1 heterocycles. The van der Waals surface area contributed by atoms with Crippen LogP contribution in [0.3, 0.4) is 0 Å². The fourth-order valence-electron chi connectivity index (χ4n) is 1.76. The molecule has 0 aliphatic carbocycles. The highest BCUT2D eigenvalue weighted by Gasteiger charge is 2.21. The van der Waals surface area contributed by atoms with Gasteiger partial charge in [0.1, 0.15) is 11.5 Å². The van der Waals surface area contributed by atoms with Crippen LogP contribution >= 0.6 is 0 Å². The van der Waals surface area contributed by atoms with Crippen LogP contribution in [-0.4, -0.2) is 23.9 Å². The maximum absolute atomic E-state index is 9.67. The maximum atomic E-state index is 9.67. The number of phenolic OH excluding ortho intramolecular Hbond substituents is 1. The lowest BCUT2D eigenvalue weighted by Gasteiger charge is -2.23. The molecule has 2 rings (SSSR count). The van der Waals surface area contributed by atoms with Crippen molar-refractivity contribution in [2.75, 3.05) is 13.7 Å². The summed E-state index contributed by atoms with van der Waals surface area (Å²) in [5, 5.41) is 22.4. The van der Waals surface area contributed by atoms with E-state index in [2.05, 4.69) is 5.32 Å². The molecule has 0 amide bonds. The smallest absolute Gasteiger partial charge is 0.125 e. The molecule has 3 N–H and O–H groups in total. The Bertz CT molecular complexity index is 351. The average molecular weight is 195 g/mol. The van der Waals surface area contributed by atoms with Gasteiger partial charge in [-0.05, 0) is 11.6 Å². The fourth-order valence-corrected chi connectivity index (χ4v) is 1.76. The van der Waals surface area contributed by atoms with Crippen molar-refractivity contribution in [2.24, 2.45) is 0 Å². The van der Waals surface area contributed by atoms with Gasteiger partial charge < -0.3 is 20.3 Å². The van der Waals surface area contributed by atoms with Gasteiger partial charge in [0.05, 0.1) is 13.2 Å². The molecule has 4 nitrogen and oxygen atoms in total. The van der Waals surface area contributed by atoms with Gasteiger partial charge >= 0.3 is 0 Å². The zero-order valence-corrected chi connectivity index (χ0v) is 7.95. The van der Waals surface area contributed by atoms with Crippen molar-refractivity contribution in [3.63, 3.8) is 0 Å². The molecule has 0 spiro atoms. The minimum absolute atomic E-state index is 0.105. The Labute approximate surface area is 82.1 Å². The summed E-state index contributed by atoms with van der Waals surface area (Å²) < 4.78 is 5.03. The van der Waals surface area contributed by atoms with Crippen LogP contribution in [0.5, 0.6) is 11.5 Å². The summed E-state index contributed by atoms with van der Waals surface area (Å²) >= 11 is 0. The average Bonchev–Trinajstić information content (AvgIpc) is 2.17. The number of hydrogen-bond acceptors (Lipinski definition) is 4. The third-order valence-electron chi connectivity index (χ3n) is 2.44. The molecule has 0 fully saturated rings. The van der Waals surface area contributed by atoms with Crippen molar-refractivity contribution in [2.45, 2.75) is 12.6 Å². The Hall–Kier alpha value is -1.26. The van der Waals surface area contributed by atoms with Crippen LogP contribution < -0.4 is 10.1 Å². The standard InChI is InChI=1S/C10H13NO3/c1-14-7-2-6-4-11-5-9(13)10(6)8(12)3-7/h2-3,9,11-13H,4-5H2,1H3/t9-/m0/s1. The van der Waals surface area contributed by atoms with Gasteiger partial charge in [0.15, 0.2) is 0 Å². The first-order valence-corrected chi connectivity index (χ1v) is 4.51. The topological polar surface area (TPSA) is 61.7 Å². The molecule has 14 heavy (non-hydrogen) atoms. The van der Waals surface area contributed by atoms with Gasteiger partial charge in [-0.15, -0.1) is 0 Å². The first-order chi connectivity index (χ1) is 6.72. The minimum atomic E-state index is -0.635. The van der Waals surface area contributed by atoms with Crippen LogP contribution in [0.1, 0.15) is 17.2 Å². The molecule has 1 aliphatic rings. The van der Waals surface area contributed by atoms with Crippen molar-refractivity contribution in [1.29, 1.82) is 0 Å². The molecule has 1 atom stereocenters. The summed E-state index contributed by atoms with van der Waals surface area (Å²) in [7, 11) is 1.55. The second-order valence-corrected chi connectivity index (χ2v) is 3.37. The van der Waals surface area contributed by atoms with E-state index in [0.29, 0.717) is 24.4 Å². The Kier molecular flexibility index (Phi) is 2.31. The van der Waals surface area contributed by atoms with E-state index in [0.717, 1.165) is 5.56 Å². The summed E-state index contributed by atoms with van der Waals surface area (Å²) in [5.41, 5.74) is 1.50. The second kappa shape index (κ2) is 3.48. The lowest BCUT2D eigenvalue weighted by Crippen LogP contribution is -2.28. The van der Waals surface area contributed by atoms with E-state index in [1.165, 1.54) is 6.07 Å². The van der Waals surface area contributed by atoms with Crippen LogP contribution in [0.2, 0.25) is 0 Å². The van der Waals surface area contributed by atoms with Crippen LogP contribution in [0, 0.1) is 0 Å². The first kappa shape index (κ1) is 9.30. The SMILES string of the molecule is COc1cc(O)c2c(c1)CNC[C@@H]2O. The number of methoxy groups -OCH3 is 1. The van der Waals surface area contributed by atoms with Gasteiger partial charge in [0, 0.05) is 24.7 Å². The Morgan fingerprint density at radius 3 is 3.00 bits per heavy atom. The van der Waals surface area contributed by atoms with Crippen molar-refractivity contribution >= 4 is 0 Å². The normalized spacial score (nSPS) is 20.3. The van der Waals surface area contributed by atoms with Crippen LogP contribution in [-0.2, 0) is 6.54 Å². The Balaban J connectivity index is 2.51. The molecule has 0 aromatic heterocycles. The fraction of sp³-hybridized carbons (Fsp3) is 0.400. The van der Waals surface area contributed by atoms with Gasteiger partial charge in [0.25, 0.3) is 0 Å². The summed E-state index contributed by atoms with van der Waals surface area (Å²) in [6.45, 7) is 1.13. The number of hydrogen-bond donors (Lipinski definition) is 3. The molecular formula is C10H13NO3. The third kappa shape index (κ3) is 1.42. The summed E-state index contributed by atoms with van der Waals surface area (Å²) in [6, 6.07) is 3.35. The number of phenols is 1. The summed E-state index contributed by atoms with van der Waals surface area (Å²) in [5.74, 6) is 0.713. The van der Waals surface area contributed by atoms with E-state index in [9.17, 15) is 10.2 Å². The zero-order valence-electron chi connectivity index (χ0n) is 7.95. The molecule has 0 saturated carbocycles. The van der Waals surface area contributed by atoms with Crippen molar-refractivity contribution in [3.05, 3.63) is 23.3 Å². The summed E-state index contributed by atoms with van der Waals surface area (Å²) in [6.07, 6.45) is -0.635. The molecule has 76 valence electrons. The first-order valence-electron chi connectivity index (χ1n) is 4.51. The highest BCUT2D eigenvalue weighted by atomic mass is 16.5. The number of aromatic hydroxyl groups is 1. The molecule has 0 radical (unpaired) electrons. The molecular weight excluding hydrogens is 182 g/mol. The number of fused-ring (bicyclic) bond motifs is 1. The highest BCUT2D eigenvalue weighted by molar-refractivity contribution is 5.48. The van der Waals surface area contributed by atoms with E-state index in [1.54, 1.807) is 7.11 Å². The number of nitrogens with one attached hydrogen (secondary N) is 1. The minimum Gasteiger partial charge on any atom is -0.507 e. The van der Waals surface area contributed by atoms with Crippen molar-refractivity contribution < 1.29 is 14.9 Å². The summed E-state index contributed by atoms with van der Waals surface area (Å²) in [4.78, 5) is 0. The van der Waals surface area contributed by atoms with Crippen molar-refractivity contribution in [1.82, 2.24) is 5.32 Å². The van der Waals surface area contributed by atoms with E-state index in [1.807, 2.05) is 6.07 Å². The predicted octanol–water partition coefficient (Wildman–Crippen LogP) is 0.537. The van der Waals surface area contributed by atoms with Gasteiger partial charge in [0.2, 0.25) is 0 Å². The van der Waals surface area contributed by atoms with E-state index in [4.69, 9.17) is 4.74 Å². The molecule has 1 aliphatic heterocycles. The van der Waals surface area contributed by atoms with E-state index in [-0.39, 0.29) is 5.75 Å². The molecule has 0 unspecified atom stereocenters. The Morgan fingerprint density at radius 2 is 2.29 bits per heavy atom. The lowest BCUT2D eigenvalue weighted by atomic mass is 9.97. The van der Waals surface area contributed by atoms with Gasteiger partial charge in [-0.25, -0.2) is 0 Å². The monoisotopic (exact) mass is 195 g/mol. The molecule has 0 bridgehead atoms. The molecule has 1 aromatic rings. The van der Waals surface area contributed by atoms with Crippen molar-refractivity contribution in [3.8, 4) is 11.5 Å². The van der Waals surface area contributed by atoms with Crippen LogP contribution in [0.4, 0.5) is 0 Å². The molecule has 0 saturated heterocycles. The van der Waals surface area contributed by atoms with E-state index >= 15 is 0 Å². The van der Waals surface area contributed by atoms with Gasteiger partial charge in [-0.2, -0.15) is 0 Å². The molecule has 1 aromatic carbocycles.